The van der Waals surface area contributed by atoms with E-state index in [-0.39, 0.29) is 0 Å². The summed E-state index contributed by atoms with van der Waals surface area (Å²) in [5, 5.41) is 0. The third kappa shape index (κ3) is 4.90. The van der Waals surface area contributed by atoms with E-state index in [9.17, 15) is 4.79 Å². The Balaban J connectivity index is 2.35. The lowest BCUT2D eigenvalue weighted by Gasteiger charge is -2.19. The Labute approximate surface area is 89.1 Å². The number of rotatable bonds is 2. The molecule has 1 rings (SSSR count). The van der Waals surface area contributed by atoms with Crippen molar-refractivity contribution < 1.29 is 14.4 Å². The molecule has 1 amide bonds. The molecule has 0 atom stereocenters. The van der Waals surface area contributed by atoms with E-state index in [1.54, 1.807) is 32.9 Å². The third-order valence-corrected chi connectivity index (χ3v) is 1.39. The first kappa shape index (κ1) is 11.4. The zero-order valence-corrected chi connectivity index (χ0v) is 9.11. The van der Waals surface area contributed by atoms with Crippen molar-refractivity contribution in [1.29, 1.82) is 0 Å². The van der Waals surface area contributed by atoms with Crippen LogP contribution in [0.25, 0.3) is 0 Å². The van der Waals surface area contributed by atoms with E-state index < -0.39 is 11.7 Å². The minimum atomic E-state index is -0.605. The molecule has 0 spiro atoms. The van der Waals surface area contributed by atoms with Gasteiger partial charge in [-0.05, 0) is 32.9 Å². The molecule has 1 aromatic rings. The fourth-order valence-electron chi connectivity index (χ4n) is 0.888. The van der Waals surface area contributed by atoms with E-state index >= 15 is 0 Å². The summed E-state index contributed by atoms with van der Waals surface area (Å²) in [6, 6.07) is 8.95. The first-order valence-electron chi connectivity index (χ1n) is 4.68. The minimum absolute atomic E-state index is 0.524. The number of para-hydroxylation sites is 1. The second-order valence-corrected chi connectivity index (χ2v) is 4.02. The lowest BCUT2D eigenvalue weighted by atomic mass is 10.2. The first-order valence-corrected chi connectivity index (χ1v) is 4.68. The van der Waals surface area contributed by atoms with Crippen molar-refractivity contribution >= 4 is 6.09 Å². The van der Waals surface area contributed by atoms with Crippen molar-refractivity contribution in [2.75, 3.05) is 0 Å². The number of hydrogen-bond acceptors (Lipinski definition) is 3. The zero-order valence-electron chi connectivity index (χ0n) is 9.11. The number of nitrogens with one attached hydrogen (secondary N) is 1. The molecule has 0 aliphatic heterocycles. The Morgan fingerprint density at radius 2 is 1.80 bits per heavy atom. The van der Waals surface area contributed by atoms with Crippen LogP contribution in [0.3, 0.4) is 0 Å². The van der Waals surface area contributed by atoms with E-state index in [1.807, 2.05) is 18.2 Å². The number of benzene rings is 1. The van der Waals surface area contributed by atoms with Crippen molar-refractivity contribution in [2.45, 2.75) is 26.4 Å². The largest absolute Gasteiger partial charge is 0.442 e. The Kier molecular flexibility index (Phi) is 3.55. The van der Waals surface area contributed by atoms with Gasteiger partial charge in [-0.2, -0.15) is 5.48 Å². The molecule has 0 saturated carbocycles. The molecule has 0 aliphatic carbocycles. The second-order valence-electron chi connectivity index (χ2n) is 4.02. The van der Waals surface area contributed by atoms with Crippen LogP contribution in [0.4, 0.5) is 4.79 Å². The number of hydrogen-bond donors (Lipinski definition) is 1. The van der Waals surface area contributed by atoms with E-state index in [4.69, 9.17) is 9.57 Å². The third-order valence-electron chi connectivity index (χ3n) is 1.39. The van der Waals surface area contributed by atoms with Gasteiger partial charge in [-0.25, -0.2) is 4.79 Å². The monoisotopic (exact) mass is 209 g/mol. The molecule has 4 heteroatoms. The number of amides is 1. The van der Waals surface area contributed by atoms with Gasteiger partial charge in [0.05, 0.1) is 0 Å². The number of carbonyl (C=O) groups is 1. The normalized spacial score (nSPS) is 10.6. The highest BCUT2D eigenvalue weighted by Gasteiger charge is 2.16. The highest BCUT2D eigenvalue weighted by atomic mass is 16.7. The van der Waals surface area contributed by atoms with Crippen molar-refractivity contribution in [1.82, 2.24) is 5.48 Å². The van der Waals surface area contributed by atoms with E-state index in [0.717, 1.165) is 0 Å². The maximum absolute atomic E-state index is 11.2. The van der Waals surface area contributed by atoms with Gasteiger partial charge in [0.2, 0.25) is 0 Å². The van der Waals surface area contributed by atoms with Gasteiger partial charge in [0.25, 0.3) is 0 Å². The van der Waals surface area contributed by atoms with Crippen molar-refractivity contribution in [3.8, 4) is 5.75 Å². The molecule has 0 fully saturated rings. The zero-order chi connectivity index (χ0) is 11.3. The average Bonchev–Trinajstić information content (AvgIpc) is 2.14. The summed E-state index contributed by atoms with van der Waals surface area (Å²) in [6.45, 7) is 5.36. The van der Waals surface area contributed by atoms with Crippen LogP contribution in [-0.4, -0.2) is 11.7 Å². The van der Waals surface area contributed by atoms with Gasteiger partial charge in [-0.1, -0.05) is 18.2 Å². The maximum Gasteiger partial charge on any atom is 0.441 e. The molecule has 15 heavy (non-hydrogen) atoms. The maximum atomic E-state index is 11.2. The Morgan fingerprint density at radius 1 is 1.20 bits per heavy atom. The molecule has 0 heterocycles. The summed E-state index contributed by atoms with van der Waals surface area (Å²) < 4.78 is 4.98. The van der Waals surface area contributed by atoms with Crippen LogP contribution in [0, 0.1) is 0 Å². The topological polar surface area (TPSA) is 47.6 Å². The molecule has 0 radical (unpaired) electrons. The van der Waals surface area contributed by atoms with Gasteiger partial charge < -0.3 is 9.57 Å². The van der Waals surface area contributed by atoms with Crippen LogP contribution in [0.5, 0.6) is 5.75 Å². The summed E-state index contributed by atoms with van der Waals surface area (Å²) >= 11 is 0. The van der Waals surface area contributed by atoms with Crippen molar-refractivity contribution in [2.24, 2.45) is 0 Å². The quantitative estimate of drug-likeness (QED) is 0.761. The van der Waals surface area contributed by atoms with Gasteiger partial charge in [0, 0.05) is 0 Å². The standard InChI is InChI=1S/C11H15NO3/c1-11(2,3)14-10(13)12-15-9-7-5-4-6-8-9/h4-8H,1-3H3,(H,12,13). The summed E-state index contributed by atoms with van der Waals surface area (Å²) in [6.07, 6.45) is -0.605. The second kappa shape index (κ2) is 4.68. The predicted octanol–water partition coefficient (Wildman–Crippen LogP) is 2.51. The summed E-state index contributed by atoms with van der Waals surface area (Å²) in [4.78, 5) is 16.2. The van der Waals surface area contributed by atoms with Crippen molar-refractivity contribution in [3.05, 3.63) is 30.3 Å². The highest BCUT2D eigenvalue weighted by molar-refractivity contribution is 5.66. The molecular formula is C11H15NO3. The fraction of sp³-hybridized carbons (Fsp3) is 0.364. The van der Waals surface area contributed by atoms with E-state index in [0.29, 0.717) is 5.75 Å². The molecule has 0 aromatic heterocycles. The summed E-state index contributed by atoms with van der Waals surface area (Å²) in [5.41, 5.74) is 1.67. The molecule has 0 saturated heterocycles. The van der Waals surface area contributed by atoms with E-state index in [2.05, 4.69) is 5.48 Å². The molecule has 0 bridgehead atoms. The molecule has 0 unspecified atom stereocenters. The number of hydroxylamine groups is 1. The fourth-order valence-corrected chi connectivity index (χ4v) is 0.888. The van der Waals surface area contributed by atoms with Gasteiger partial charge in [-0.3, -0.25) is 0 Å². The van der Waals surface area contributed by atoms with Crippen molar-refractivity contribution in [3.63, 3.8) is 0 Å². The number of carbonyl (C=O) groups excluding carboxylic acids is 1. The smallest absolute Gasteiger partial charge is 0.441 e. The van der Waals surface area contributed by atoms with Crippen LogP contribution in [0.2, 0.25) is 0 Å². The van der Waals surface area contributed by atoms with Gasteiger partial charge in [0.1, 0.15) is 5.60 Å². The predicted molar refractivity (Wildman–Crippen MR) is 56.4 cm³/mol. The lowest BCUT2D eigenvalue weighted by molar-refractivity contribution is 0.0287. The van der Waals surface area contributed by atoms with Crippen LogP contribution in [-0.2, 0) is 4.74 Å². The Morgan fingerprint density at radius 3 is 2.33 bits per heavy atom. The summed E-state index contributed by atoms with van der Waals surface area (Å²) in [7, 11) is 0. The van der Waals surface area contributed by atoms with Crippen LogP contribution in [0.1, 0.15) is 20.8 Å². The molecule has 1 aromatic carbocycles. The molecule has 0 aliphatic rings. The Hall–Kier alpha value is -1.71. The first-order chi connectivity index (χ1) is 6.97. The van der Waals surface area contributed by atoms with Crippen LogP contribution >= 0.6 is 0 Å². The van der Waals surface area contributed by atoms with Crippen LogP contribution in [0.15, 0.2) is 30.3 Å². The molecule has 4 nitrogen and oxygen atoms in total. The lowest BCUT2D eigenvalue weighted by Crippen LogP contribution is -2.34. The number of ether oxygens (including phenoxy) is 1. The highest BCUT2D eigenvalue weighted by Crippen LogP contribution is 2.08. The van der Waals surface area contributed by atoms with Gasteiger partial charge >= 0.3 is 6.09 Å². The van der Waals surface area contributed by atoms with Gasteiger partial charge in [0.15, 0.2) is 5.75 Å². The van der Waals surface area contributed by atoms with E-state index in [1.165, 1.54) is 0 Å². The SMILES string of the molecule is CC(C)(C)OC(=O)NOc1ccccc1. The van der Waals surface area contributed by atoms with Crippen LogP contribution < -0.4 is 10.3 Å². The Bertz CT molecular complexity index is 316. The summed E-state index contributed by atoms with van der Waals surface area (Å²) in [5.74, 6) is 0.559. The molecule has 1 N–H and O–H groups in total. The van der Waals surface area contributed by atoms with Gasteiger partial charge in [-0.15, -0.1) is 0 Å². The average molecular weight is 209 g/mol. The minimum Gasteiger partial charge on any atom is -0.442 e. The molecular weight excluding hydrogens is 194 g/mol. The molecule has 82 valence electrons.